The molecule has 0 unspecified atom stereocenters. The van der Waals surface area contributed by atoms with Crippen LogP contribution in [0.4, 0.5) is 4.39 Å². The molecule has 1 saturated carbocycles. The molecular weight excluding hydrogens is 79.1 g/mol. The minimum absolute atomic E-state index is 0.465. The first-order valence-electron chi connectivity index (χ1n) is 2.25. The van der Waals surface area contributed by atoms with Gasteiger partial charge in [-0.2, -0.15) is 0 Å². The van der Waals surface area contributed by atoms with Gasteiger partial charge in [0.05, 0.1) is 0 Å². The highest BCUT2D eigenvalue weighted by Gasteiger charge is 2.40. The molecule has 0 aliphatic heterocycles. The summed E-state index contributed by atoms with van der Waals surface area (Å²) in [6.45, 7) is 3.44. The van der Waals surface area contributed by atoms with Crippen molar-refractivity contribution in [3.8, 4) is 0 Å². The van der Waals surface area contributed by atoms with Crippen molar-refractivity contribution < 1.29 is 4.39 Å². The Morgan fingerprint density at radius 2 is 2.17 bits per heavy atom. The molecular formula is C5H8F. The van der Waals surface area contributed by atoms with Gasteiger partial charge in [-0.05, 0) is 19.3 Å². The topological polar surface area (TPSA) is 0 Å². The van der Waals surface area contributed by atoms with Gasteiger partial charge >= 0.3 is 0 Å². The minimum atomic E-state index is -0.819. The molecule has 0 aromatic heterocycles. The fourth-order valence-electron chi connectivity index (χ4n) is 0.386. The summed E-state index contributed by atoms with van der Waals surface area (Å²) in [7, 11) is 0. The normalized spacial score (nSPS) is 27.0. The summed E-state index contributed by atoms with van der Waals surface area (Å²) < 4.78 is 12.2. The lowest BCUT2D eigenvalue weighted by molar-refractivity contribution is 0.312. The third-order valence-electron chi connectivity index (χ3n) is 1.24. The van der Waals surface area contributed by atoms with Gasteiger partial charge in [0.15, 0.2) is 0 Å². The molecule has 0 nitrogen and oxygen atoms in total. The largest absolute Gasteiger partial charge is 0.244 e. The van der Waals surface area contributed by atoms with Gasteiger partial charge in [-0.25, -0.2) is 4.39 Å². The molecule has 1 aliphatic carbocycles. The summed E-state index contributed by atoms with van der Waals surface area (Å²) in [5.74, 6) is 0. The van der Waals surface area contributed by atoms with Crippen molar-refractivity contribution in [2.24, 2.45) is 0 Å². The zero-order valence-corrected chi connectivity index (χ0v) is 3.71. The van der Waals surface area contributed by atoms with Crippen molar-refractivity contribution in [2.75, 3.05) is 0 Å². The number of alkyl halides is 1. The van der Waals surface area contributed by atoms with Gasteiger partial charge in [-0.1, -0.05) is 6.92 Å². The summed E-state index contributed by atoms with van der Waals surface area (Å²) in [4.78, 5) is 0. The summed E-state index contributed by atoms with van der Waals surface area (Å²) in [6, 6.07) is 0. The molecule has 0 saturated heterocycles. The van der Waals surface area contributed by atoms with E-state index in [0.717, 1.165) is 12.8 Å². The SMILES string of the molecule is [CH2]CC1(F)CC1. The Morgan fingerprint density at radius 1 is 1.67 bits per heavy atom. The Labute approximate surface area is 37.4 Å². The third-order valence-corrected chi connectivity index (χ3v) is 1.24. The second-order valence-corrected chi connectivity index (χ2v) is 1.90. The smallest absolute Gasteiger partial charge is 0.111 e. The molecule has 0 atom stereocenters. The predicted octanol–water partition coefficient (Wildman–Crippen LogP) is 1.71. The van der Waals surface area contributed by atoms with Gasteiger partial charge in [-0.3, -0.25) is 0 Å². The summed E-state index contributed by atoms with van der Waals surface area (Å²) in [5.41, 5.74) is -0.819. The van der Waals surface area contributed by atoms with Gasteiger partial charge in [-0.15, -0.1) is 0 Å². The molecule has 0 spiro atoms. The summed E-state index contributed by atoms with van der Waals surface area (Å²) in [6.07, 6.45) is 1.96. The lowest BCUT2D eigenvalue weighted by Gasteiger charge is -1.91. The van der Waals surface area contributed by atoms with Crippen molar-refractivity contribution in [2.45, 2.75) is 24.9 Å². The molecule has 0 amide bonds. The Morgan fingerprint density at radius 3 is 2.17 bits per heavy atom. The highest BCUT2D eigenvalue weighted by molar-refractivity contribution is 4.94. The highest BCUT2D eigenvalue weighted by atomic mass is 19.1. The molecule has 1 fully saturated rings. The number of hydrogen-bond donors (Lipinski definition) is 0. The monoisotopic (exact) mass is 87.1 g/mol. The van der Waals surface area contributed by atoms with E-state index >= 15 is 0 Å². The molecule has 1 aliphatic rings. The maximum absolute atomic E-state index is 12.2. The molecule has 0 N–H and O–H groups in total. The molecule has 0 aromatic carbocycles. The van der Waals surface area contributed by atoms with E-state index < -0.39 is 5.67 Å². The van der Waals surface area contributed by atoms with Gasteiger partial charge in [0.1, 0.15) is 5.67 Å². The third kappa shape index (κ3) is 0.537. The van der Waals surface area contributed by atoms with Crippen molar-refractivity contribution in [1.29, 1.82) is 0 Å². The van der Waals surface area contributed by atoms with E-state index in [0.29, 0.717) is 6.42 Å². The van der Waals surface area contributed by atoms with E-state index in [4.69, 9.17) is 0 Å². The van der Waals surface area contributed by atoms with Crippen molar-refractivity contribution in [3.05, 3.63) is 6.92 Å². The first-order chi connectivity index (χ1) is 2.77. The Kier molecular flexibility index (Phi) is 0.652. The van der Waals surface area contributed by atoms with Crippen molar-refractivity contribution in [3.63, 3.8) is 0 Å². The van der Waals surface area contributed by atoms with Crippen LogP contribution < -0.4 is 0 Å². The molecule has 6 heavy (non-hydrogen) atoms. The summed E-state index contributed by atoms with van der Waals surface area (Å²) >= 11 is 0. The maximum atomic E-state index is 12.2. The standard InChI is InChI=1S/C5H8F/c1-2-5(6)3-4-5/h1-4H2. The molecule has 1 heteroatoms. The van der Waals surface area contributed by atoms with Crippen LogP contribution in [0, 0.1) is 6.92 Å². The van der Waals surface area contributed by atoms with Gasteiger partial charge < -0.3 is 0 Å². The van der Waals surface area contributed by atoms with Crippen LogP contribution in [0.2, 0.25) is 0 Å². The fourth-order valence-corrected chi connectivity index (χ4v) is 0.386. The lowest BCUT2D eigenvalue weighted by Crippen LogP contribution is -1.92. The van der Waals surface area contributed by atoms with Crippen LogP contribution >= 0.6 is 0 Å². The van der Waals surface area contributed by atoms with Crippen molar-refractivity contribution >= 4 is 0 Å². The zero-order valence-electron chi connectivity index (χ0n) is 3.71. The average Bonchev–Trinajstić information content (AvgIpc) is 2.22. The second kappa shape index (κ2) is 0.955. The quantitative estimate of drug-likeness (QED) is 0.456. The van der Waals surface area contributed by atoms with Crippen LogP contribution in [0.25, 0.3) is 0 Å². The van der Waals surface area contributed by atoms with E-state index in [-0.39, 0.29) is 0 Å². The molecule has 35 valence electrons. The van der Waals surface area contributed by atoms with Crippen molar-refractivity contribution in [1.82, 2.24) is 0 Å². The highest BCUT2D eigenvalue weighted by Crippen LogP contribution is 2.42. The Bertz CT molecular complexity index is 55.0. The van der Waals surface area contributed by atoms with Crippen LogP contribution in [0.15, 0.2) is 0 Å². The first-order valence-corrected chi connectivity index (χ1v) is 2.25. The minimum Gasteiger partial charge on any atom is -0.244 e. The van der Waals surface area contributed by atoms with Crippen LogP contribution in [0.1, 0.15) is 19.3 Å². The molecule has 0 bridgehead atoms. The molecule has 0 heterocycles. The Balaban J connectivity index is 2.28. The fraction of sp³-hybridized carbons (Fsp3) is 0.800. The van der Waals surface area contributed by atoms with Crippen LogP contribution in [0.3, 0.4) is 0 Å². The number of rotatable bonds is 1. The number of hydrogen-bond acceptors (Lipinski definition) is 0. The van der Waals surface area contributed by atoms with Gasteiger partial charge in [0, 0.05) is 0 Å². The van der Waals surface area contributed by atoms with Crippen LogP contribution in [-0.2, 0) is 0 Å². The van der Waals surface area contributed by atoms with E-state index in [9.17, 15) is 4.39 Å². The zero-order chi connectivity index (χ0) is 4.62. The lowest BCUT2D eigenvalue weighted by atomic mass is 10.3. The van der Waals surface area contributed by atoms with Gasteiger partial charge in [0.25, 0.3) is 0 Å². The van der Waals surface area contributed by atoms with E-state index in [1.807, 2.05) is 0 Å². The maximum Gasteiger partial charge on any atom is 0.111 e. The predicted molar refractivity (Wildman–Crippen MR) is 23.0 cm³/mol. The van der Waals surface area contributed by atoms with Gasteiger partial charge in [0.2, 0.25) is 0 Å². The molecule has 1 radical (unpaired) electrons. The Hall–Kier alpha value is -0.0700. The second-order valence-electron chi connectivity index (χ2n) is 1.90. The molecule has 1 rings (SSSR count). The van der Waals surface area contributed by atoms with E-state index in [2.05, 4.69) is 6.92 Å². The average molecular weight is 87.1 g/mol. The first kappa shape index (κ1) is 4.10. The van der Waals surface area contributed by atoms with E-state index in [1.165, 1.54) is 0 Å². The number of halogens is 1. The van der Waals surface area contributed by atoms with E-state index in [1.54, 1.807) is 0 Å². The van der Waals surface area contributed by atoms with Crippen LogP contribution in [-0.4, -0.2) is 5.67 Å². The summed E-state index contributed by atoms with van der Waals surface area (Å²) in [5, 5.41) is 0. The van der Waals surface area contributed by atoms with Crippen LogP contribution in [0.5, 0.6) is 0 Å². The molecule has 0 aromatic rings.